The van der Waals surface area contributed by atoms with E-state index in [-0.39, 0.29) is 4.90 Å². The zero-order valence-corrected chi connectivity index (χ0v) is 15.7. The van der Waals surface area contributed by atoms with E-state index in [9.17, 15) is 8.42 Å². The van der Waals surface area contributed by atoms with E-state index >= 15 is 0 Å². The fraction of sp³-hybridized carbons (Fsp3) is 0.263. The highest BCUT2D eigenvalue weighted by atomic mass is 32.2. The van der Waals surface area contributed by atoms with Gasteiger partial charge in [-0.15, -0.1) is 5.11 Å². The molecule has 7 nitrogen and oxygen atoms in total. The first-order valence-electron chi connectivity index (χ1n) is 8.73. The number of ether oxygens (including phenoxy) is 1. The van der Waals surface area contributed by atoms with Crippen molar-refractivity contribution >= 4 is 32.3 Å². The van der Waals surface area contributed by atoms with Gasteiger partial charge in [-0.2, -0.15) is 9.42 Å². The number of aromatic nitrogens is 1. The number of sulfonamides is 1. The van der Waals surface area contributed by atoms with Crippen molar-refractivity contribution in [3.63, 3.8) is 0 Å². The molecule has 0 spiro atoms. The minimum Gasteiger partial charge on any atom is -0.379 e. The van der Waals surface area contributed by atoms with E-state index < -0.39 is 10.0 Å². The number of fused-ring (bicyclic) bond motifs is 1. The molecule has 1 fully saturated rings. The van der Waals surface area contributed by atoms with Crippen molar-refractivity contribution in [3.05, 3.63) is 54.2 Å². The number of nitrogens with one attached hydrogen (secondary N) is 1. The van der Waals surface area contributed by atoms with Crippen molar-refractivity contribution in [2.45, 2.75) is 11.8 Å². The van der Waals surface area contributed by atoms with Crippen molar-refractivity contribution in [1.29, 1.82) is 0 Å². The maximum Gasteiger partial charge on any atom is 0.243 e. The first-order chi connectivity index (χ1) is 13.1. The highest BCUT2D eigenvalue weighted by Crippen LogP contribution is 2.31. The van der Waals surface area contributed by atoms with Gasteiger partial charge in [-0.3, -0.25) is 0 Å². The summed E-state index contributed by atoms with van der Waals surface area (Å²) in [5.41, 5.74) is 3.33. The van der Waals surface area contributed by atoms with Gasteiger partial charge in [-0.1, -0.05) is 18.2 Å². The quantitative estimate of drug-likeness (QED) is 0.692. The number of benzene rings is 2. The Bertz CT molecular complexity index is 1080. The Balaban J connectivity index is 1.57. The van der Waals surface area contributed by atoms with E-state index in [0.717, 1.165) is 22.3 Å². The Morgan fingerprint density at radius 1 is 1.00 bits per heavy atom. The number of hydrogen-bond donors (Lipinski definition) is 1. The molecule has 0 saturated carbocycles. The van der Waals surface area contributed by atoms with Crippen LogP contribution in [0.3, 0.4) is 0 Å². The van der Waals surface area contributed by atoms with Crippen LogP contribution < -0.4 is 0 Å². The van der Waals surface area contributed by atoms with E-state index in [0.29, 0.717) is 32.0 Å². The molecular weight excluding hydrogens is 364 g/mol. The highest BCUT2D eigenvalue weighted by molar-refractivity contribution is 7.89. The summed E-state index contributed by atoms with van der Waals surface area (Å²) < 4.78 is 32.0. The third-order valence-corrected chi connectivity index (χ3v) is 6.48. The molecule has 4 rings (SSSR count). The van der Waals surface area contributed by atoms with Gasteiger partial charge in [0.15, 0.2) is 0 Å². The normalized spacial score (nSPS) is 16.3. The van der Waals surface area contributed by atoms with Crippen LogP contribution >= 0.6 is 0 Å². The van der Waals surface area contributed by atoms with Crippen molar-refractivity contribution in [2.24, 2.45) is 10.2 Å². The number of rotatable bonds is 4. The third kappa shape index (κ3) is 3.51. The lowest BCUT2D eigenvalue weighted by Crippen LogP contribution is -2.40. The van der Waals surface area contributed by atoms with Gasteiger partial charge in [0.05, 0.1) is 23.8 Å². The molecule has 2 heterocycles. The van der Waals surface area contributed by atoms with Crippen molar-refractivity contribution in [1.82, 2.24) is 9.29 Å². The van der Waals surface area contributed by atoms with Gasteiger partial charge in [-0.25, -0.2) is 8.42 Å². The van der Waals surface area contributed by atoms with Crippen LogP contribution in [0.5, 0.6) is 0 Å². The number of para-hydroxylation sites is 1. The first-order valence-corrected chi connectivity index (χ1v) is 10.2. The summed E-state index contributed by atoms with van der Waals surface area (Å²) in [5.74, 6) is 0. The first kappa shape index (κ1) is 17.8. The molecule has 1 aliphatic heterocycles. The van der Waals surface area contributed by atoms with Gasteiger partial charge in [0.1, 0.15) is 5.69 Å². The Morgan fingerprint density at radius 2 is 1.70 bits per heavy atom. The Hall–Kier alpha value is -2.55. The van der Waals surface area contributed by atoms with Gasteiger partial charge in [0.25, 0.3) is 0 Å². The van der Waals surface area contributed by atoms with Crippen LogP contribution in [-0.2, 0) is 14.8 Å². The SMILES string of the molecule is Cc1[nH]c2ccccc2c1N=Nc1ccc(S(=O)(=O)N2CCOCC2)cc1. The lowest BCUT2D eigenvalue weighted by molar-refractivity contribution is 0.0730. The minimum atomic E-state index is -3.50. The number of aromatic amines is 1. The standard InChI is InChI=1S/C19H20N4O3S/c1-14-19(17-4-2-3-5-18(17)20-14)22-21-15-6-8-16(9-7-15)27(24,25)23-10-12-26-13-11-23/h2-9,20H,10-13H2,1H3. The average molecular weight is 384 g/mol. The summed E-state index contributed by atoms with van der Waals surface area (Å²) in [6.07, 6.45) is 0. The van der Waals surface area contributed by atoms with Crippen molar-refractivity contribution < 1.29 is 13.2 Å². The largest absolute Gasteiger partial charge is 0.379 e. The number of aryl methyl sites for hydroxylation is 1. The molecule has 0 radical (unpaired) electrons. The smallest absolute Gasteiger partial charge is 0.243 e. The molecule has 0 aliphatic carbocycles. The zero-order valence-electron chi connectivity index (χ0n) is 14.9. The second-order valence-electron chi connectivity index (χ2n) is 6.35. The predicted molar refractivity (Wildman–Crippen MR) is 103 cm³/mol. The Labute approximate surface area is 157 Å². The summed E-state index contributed by atoms with van der Waals surface area (Å²) in [6, 6.07) is 14.4. The summed E-state index contributed by atoms with van der Waals surface area (Å²) >= 11 is 0. The molecule has 1 aliphatic rings. The van der Waals surface area contributed by atoms with Gasteiger partial charge >= 0.3 is 0 Å². The zero-order chi connectivity index (χ0) is 18.9. The molecule has 3 aromatic rings. The molecule has 1 saturated heterocycles. The maximum absolute atomic E-state index is 12.6. The number of hydrogen-bond acceptors (Lipinski definition) is 5. The highest BCUT2D eigenvalue weighted by Gasteiger charge is 2.26. The van der Waals surface area contributed by atoms with Crippen molar-refractivity contribution in [2.75, 3.05) is 26.3 Å². The topological polar surface area (TPSA) is 87.1 Å². The fourth-order valence-electron chi connectivity index (χ4n) is 3.12. The van der Waals surface area contributed by atoms with E-state index in [4.69, 9.17) is 4.74 Å². The van der Waals surface area contributed by atoms with E-state index in [1.54, 1.807) is 24.3 Å². The molecule has 27 heavy (non-hydrogen) atoms. The lowest BCUT2D eigenvalue weighted by atomic mass is 10.2. The molecule has 0 atom stereocenters. The van der Waals surface area contributed by atoms with Crippen LogP contribution in [0.25, 0.3) is 10.9 Å². The minimum absolute atomic E-state index is 0.256. The molecule has 140 valence electrons. The van der Waals surface area contributed by atoms with Gasteiger partial charge in [0.2, 0.25) is 10.0 Å². The second kappa shape index (κ2) is 7.22. The Kier molecular flexibility index (Phi) is 4.77. The maximum atomic E-state index is 12.6. The van der Waals surface area contributed by atoms with Crippen LogP contribution in [0, 0.1) is 6.92 Å². The van der Waals surface area contributed by atoms with E-state index in [1.165, 1.54) is 4.31 Å². The lowest BCUT2D eigenvalue weighted by Gasteiger charge is -2.25. The number of morpholine rings is 1. The van der Waals surface area contributed by atoms with Gasteiger partial charge < -0.3 is 9.72 Å². The molecule has 0 unspecified atom stereocenters. The van der Waals surface area contributed by atoms with Crippen LogP contribution in [0.4, 0.5) is 11.4 Å². The molecule has 8 heteroatoms. The number of azo groups is 1. The molecule has 1 aromatic heterocycles. The predicted octanol–water partition coefficient (Wildman–Crippen LogP) is 3.91. The van der Waals surface area contributed by atoms with Crippen LogP contribution in [-0.4, -0.2) is 44.0 Å². The molecular formula is C19H20N4O3S. The van der Waals surface area contributed by atoms with Gasteiger partial charge in [0, 0.05) is 29.7 Å². The average Bonchev–Trinajstić information content (AvgIpc) is 3.02. The van der Waals surface area contributed by atoms with E-state index in [1.807, 2.05) is 31.2 Å². The fourth-order valence-corrected chi connectivity index (χ4v) is 4.53. The third-order valence-electron chi connectivity index (χ3n) is 4.57. The number of H-pyrrole nitrogens is 1. The number of nitrogens with zero attached hydrogens (tertiary/aromatic N) is 3. The second-order valence-corrected chi connectivity index (χ2v) is 8.29. The monoisotopic (exact) mass is 384 g/mol. The summed E-state index contributed by atoms with van der Waals surface area (Å²) in [4.78, 5) is 3.54. The van der Waals surface area contributed by atoms with E-state index in [2.05, 4.69) is 15.2 Å². The Morgan fingerprint density at radius 3 is 2.44 bits per heavy atom. The molecule has 0 bridgehead atoms. The van der Waals surface area contributed by atoms with Crippen LogP contribution in [0.1, 0.15) is 5.69 Å². The summed E-state index contributed by atoms with van der Waals surface area (Å²) in [7, 11) is -3.50. The van der Waals surface area contributed by atoms with Gasteiger partial charge in [-0.05, 0) is 37.3 Å². The van der Waals surface area contributed by atoms with Crippen LogP contribution in [0.15, 0.2) is 63.7 Å². The molecule has 1 N–H and O–H groups in total. The molecule has 0 amide bonds. The summed E-state index contributed by atoms with van der Waals surface area (Å²) in [6.45, 7) is 3.56. The van der Waals surface area contributed by atoms with Crippen LogP contribution in [0.2, 0.25) is 0 Å². The summed E-state index contributed by atoms with van der Waals surface area (Å²) in [5, 5.41) is 9.64. The van der Waals surface area contributed by atoms with Crippen molar-refractivity contribution in [3.8, 4) is 0 Å². The molecule has 2 aromatic carbocycles.